The molecule has 28 heavy (non-hydrogen) atoms. The lowest BCUT2D eigenvalue weighted by Gasteiger charge is -2.61. The third kappa shape index (κ3) is 3.31. The van der Waals surface area contributed by atoms with Crippen LogP contribution < -0.4 is 0 Å². The molecule has 4 aliphatic rings. The third-order valence-electron chi connectivity index (χ3n) is 10.8. The molecule has 0 amide bonds. The van der Waals surface area contributed by atoms with Crippen LogP contribution in [-0.4, -0.2) is 5.78 Å². The molecule has 1 unspecified atom stereocenters. The van der Waals surface area contributed by atoms with E-state index in [4.69, 9.17) is 0 Å². The summed E-state index contributed by atoms with van der Waals surface area (Å²) >= 11 is 0. The van der Waals surface area contributed by atoms with Gasteiger partial charge in [-0.1, -0.05) is 47.5 Å². The maximum atomic E-state index is 12.2. The highest BCUT2D eigenvalue weighted by molar-refractivity contribution is 5.80. The molecule has 0 spiro atoms. The fourth-order valence-electron chi connectivity index (χ4n) is 9.13. The first kappa shape index (κ1) is 20.9. The van der Waals surface area contributed by atoms with E-state index >= 15 is 0 Å². The zero-order valence-corrected chi connectivity index (χ0v) is 19.4. The molecule has 0 aromatic rings. The number of Topliss-reactive ketones (excluding diaryl/α,β-unsaturated/α-hetero) is 1. The van der Waals surface area contributed by atoms with Crippen LogP contribution in [-0.2, 0) is 4.79 Å². The Morgan fingerprint density at radius 1 is 0.857 bits per heavy atom. The summed E-state index contributed by atoms with van der Waals surface area (Å²) in [7, 11) is 0. The zero-order chi connectivity index (χ0) is 20.1. The Kier molecular flexibility index (Phi) is 5.78. The predicted molar refractivity (Wildman–Crippen MR) is 118 cm³/mol. The number of hydrogen-bond donors (Lipinski definition) is 0. The van der Waals surface area contributed by atoms with E-state index in [1.54, 1.807) is 0 Å². The second-order valence-electron chi connectivity index (χ2n) is 12.3. The van der Waals surface area contributed by atoms with E-state index in [9.17, 15) is 4.79 Å². The molecule has 0 bridgehead atoms. The van der Waals surface area contributed by atoms with Crippen LogP contribution in [0.2, 0.25) is 0 Å². The normalized spacial score (nSPS) is 46.6. The Balaban J connectivity index is 1.47. The Hall–Kier alpha value is -0.330. The van der Waals surface area contributed by atoms with Crippen molar-refractivity contribution in [3.63, 3.8) is 0 Å². The highest BCUT2D eigenvalue weighted by atomic mass is 16.1. The van der Waals surface area contributed by atoms with Gasteiger partial charge < -0.3 is 0 Å². The van der Waals surface area contributed by atoms with Gasteiger partial charge in [-0.05, 0) is 104 Å². The van der Waals surface area contributed by atoms with Gasteiger partial charge in [0.15, 0.2) is 0 Å². The molecule has 0 N–H and O–H groups in total. The third-order valence-corrected chi connectivity index (χ3v) is 10.8. The molecule has 160 valence electrons. The second-order valence-corrected chi connectivity index (χ2v) is 12.3. The second kappa shape index (κ2) is 7.73. The molecule has 4 aliphatic carbocycles. The van der Waals surface area contributed by atoms with Gasteiger partial charge in [0, 0.05) is 12.3 Å². The van der Waals surface area contributed by atoms with Gasteiger partial charge in [0.05, 0.1) is 0 Å². The highest BCUT2D eigenvalue weighted by Crippen LogP contribution is 2.68. The van der Waals surface area contributed by atoms with Gasteiger partial charge in [-0.2, -0.15) is 0 Å². The van der Waals surface area contributed by atoms with Gasteiger partial charge in [-0.15, -0.1) is 0 Å². The predicted octanol–water partition coefficient (Wildman–Crippen LogP) is 7.68. The van der Waals surface area contributed by atoms with Crippen LogP contribution in [0.25, 0.3) is 0 Å². The molecule has 4 rings (SSSR count). The Morgan fingerprint density at radius 3 is 2.36 bits per heavy atom. The lowest BCUT2D eigenvalue weighted by atomic mass is 9.44. The lowest BCUT2D eigenvalue weighted by molar-refractivity contribution is -0.123. The van der Waals surface area contributed by atoms with Crippen LogP contribution in [0.5, 0.6) is 0 Å². The Bertz CT molecular complexity index is 579. The van der Waals surface area contributed by atoms with Crippen molar-refractivity contribution in [3.05, 3.63) is 0 Å². The summed E-state index contributed by atoms with van der Waals surface area (Å²) in [6.07, 6.45) is 16.9. The SMILES string of the molecule is CC(C)C(=O)CC[C@@H](C)[C@H]1CC[C@H]2[C@@H]3CCC4CCCC[C@]4(C)[C@H]3CC[C@]12C. The molecule has 1 nitrogen and oxygen atoms in total. The Morgan fingerprint density at radius 2 is 1.61 bits per heavy atom. The minimum Gasteiger partial charge on any atom is -0.299 e. The standard InChI is InChI=1S/C27H46O/c1-18(2)25(28)14-9-19(3)22-12-13-23-21-11-10-20-8-6-7-16-26(20,4)24(21)15-17-27(22,23)5/h18-24H,6-17H2,1-5H3/t19-,20?,21+,22-,23+,24+,26+,27-/m1/s1. The average molecular weight is 387 g/mol. The number of ketones is 1. The van der Waals surface area contributed by atoms with Crippen molar-refractivity contribution < 1.29 is 4.79 Å². The van der Waals surface area contributed by atoms with Gasteiger partial charge in [0.2, 0.25) is 0 Å². The van der Waals surface area contributed by atoms with Crippen LogP contribution >= 0.6 is 0 Å². The smallest absolute Gasteiger partial charge is 0.135 e. The van der Waals surface area contributed by atoms with Gasteiger partial charge in [-0.25, -0.2) is 0 Å². The van der Waals surface area contributed by atoms with Crippen molar-refractivity contribution >= 4 is 5.78 Å². The molecule has 8 atom stereocenters. The molecule has 4 fully saturated rings. The number of carbonyl (C=O) groups is 1. The minimum atomic E-state index is 0.209. The largest absolute Gasteiger partial charge is 0.299 e. The summed E-state index contributed by atoms with van der Waals surface area (Å²) in [6, 6.07) is 0. The van der Waals surface area contributed by atoms with E-state index in [-0.39, 0.29) is 5.92 Å². The summed E-state index contributed by atoms with van der Waals surface area (Å²) in [5.41, 5.74) is 1.22. The number of rotatable bonds is 5. The lowest BCUT2D eigenvalue weighted by Crippen LogP contribution is -2.53. The van der Waals surface area contributed by atoms with Crippen molar-refractivity contribution in [1.82, 2.24) is 0 Å². The van der Waals surface area contributed by atoms with Gasteiger partial charge in [0.1, 0.15) is 5.78 Å². The van der Waals surface area contributed by atoms with Crippen molar-refractivity contribution in [3.8, 4) is 0 Å². The van der Waals surface area contributed by atoms with Crippen LogP contribution in [0.15, 0.2) is 0 Å². The first-order valence-corrected chi connectivity index (χ1v) is 12.8. The molecular formula is C27H46O. The molecule has 4 saturated carbocycles. The minimum absolute atomic E-state index is 0.209. The summed E-state index contributed by atoms with van der Waals surface area (Å²) in [6.45, 7) is 12.0. The highest BCUT2D eigenvalue weighted by Gasteiger charge is 2.60. The molecule has 0 saturated heterocycles. The first-order valence-electron chi connectivity index (χ1n) is 12.8. The summed E-state index contributed by atoms with van der Waals surface area (Å²) in [5, 5.41) is 0. The van der Waals surface area contributed by atoms with Crippen molar-refractivity contribution in [1.29, 1.82) is 0 Å². The van der Waals surface area contributed by atoms with Gasteiger partial charge in [0.25, 0.3) is 0 Å². The topological polar surface area (TPSA) is 17.1 Å². The van der Waals surface area contributed by atoms with Crippen molar-refractivity contribution in [2.75, 3.05) is 0 Å². The quantitative estimate of drug-likeness (QED) is 0.473. The molecule has 1 heteroatoms. The molecule has 0 radical (unpaired) electrons. The Labute approximate surface area is 174 Å². The van der Waals surface area contributed by atoms with Crippen molar-refractivity contribution in [2.45, 2.75) is 112 Å². The van der Waals surface area contributed by atoms with E-state index in [1.165, 1.54) is 64.2 Å². The first-order chi connectivity index (χ1) is 13.3. The van der Waals surface area contributed by atoms with Gasteiger partial charge in [-0.3, -0.25) is 4.79 Å². The molecule has 0 aromatic heterocycles. The summed E-state index contributed by atoms with van der Waals surface area (Å²) in [5.74, 6) is 6.28. The van der Waals surface area contributed by atoms with Crippen LogP contribution in [0.1, 0.15) is 112 Å². The molecule has 0 aromatic carbocycles. The van der Waals surface area contributed by atoms with Gasteiger partial charge >= 0.3 is 0 Å². The van der Waals surface area contributed by atoms with E-state index in [1.807, 2.05) is 0 Å². The van der Waals surface area contributed by atoms with E-state index in [0.29, 0.717) is 16.6 Å². The van der Waals surface area contributed by atoms with E-state index in [2.05, 4.69) is 34.6 Å². The summed E-state index contributed by atoms with van der Waals surface area (Å²) < 4.78 is 0. The fraction of sp³-hybridized carbons (Fsp3) is 0.963. The maximum absolute atomic E-state index is 12.2. The molecular weight excluding hydrogens is 340 g/mol. The number of fused-ring (bicyclic) bond motifs is 5. The number of carbonyl (C=O) groups excluding carboxylic acids is 1. The van der Waals surface area contributed by atoms with Crippen LogP contribution in [0, 0.1) is 52.3 Å². The fourth-order valence-corrected chi connectivity index (χ4v) is 9.13. The average Bonchev–Trinajstić information content (AvgIpc) is 3.02. The summed E-state index contributed by atoms with van der Waals surface area (Å²) in [4.78, 5) is 12.2. The van der Waals surface area contributed by atoms with Crippen molar-refractivity contribution in [2.24, 2.45) is 52.3 Å². The molecule has 0 aliphatic heterocycles. The zero-order valence-electron chi connectivity index (χ0n) is 19.4. The monoisotopic (exact) mass is 386 g/mol. The molecule has 0 heterocycles. The van der Waals surface area contributed by atoms with E-state index < -0.39 is 0 Å². The van der Waals surface area contributed by atoms with Crippen LogP contribution in [0.3, 0.4) is 0 Å². The maximum Gasteiger partial charge on any atom is 0.135 e. The van der Waals surface area contributed by atoms with E-state index in [0.717, 1.165) is 48.3 Å². The van der Waals surface area contributed by atoms with Crippen LogP contribution in [0.4, 0.5) is 0 Å². The number of hydrogen-bond acceptors (Lipinski definition) is 1.